The van der Waals surface area contributed by atoms with Crippen molar-refractivity contribution in [1.82, 2.24) is 4.90 Å². The predicted molar refractivity (Wildman–Crippen MR) is 118 cm³/mol. The molecule has 36 heavy (non-hydrogen) atoms. The van der Waals surface area contributed by atoms with Crippen LogP contribution < -0.4 is 9.47 Å². The van der Waals surface area contributed by atoms with Crippen LogP contribution in [0.4, 0.5) is 26.3 Å². The Morgan fingerprint density at radius 2 is 1.39 bits per heavy atom. The van der Waals surface area contributed by atoms with E-state index in [2.05, 4.69) is 9.47 Å². The molecule has 1 aliphatic heterocycles. The van der Waals surface area contributed by atoms with E-state index in [1.165, 1.54) is 24.3 Å². The Morgan fingerprint density at radius 1 is 0.917 bits per heavy atom. The molecule has 1 aliphatic rings. The van der Waals surface area contributed by atoms with Crippen LogP contribution in [-0.4, -0.2) is 54.9 Å². The highest BCUT2D eigenvalue weighted by Gasteiger charge is 2.32. The highest BCUT2D eigenvalue weighted by Crippen LogP contribution is 2.31. The lowest BCUT2D eigenvalue weighted by molar-refractivity contribution is -0.275. The lowest BCUT2D eigenvalue weighted by Gasteiger charge is -2.31. The number of carboxylic acids is 1. The molecule has 13 heteroatoms. The molecule has 0 radical (unpaired) electrons. The van der Waals surface area contributed by atoms with Gasteiger partial charge in [-0.1, -0.05) is 24.3 Å². The summed E-state index contributed by atoms with van der Waals surface area (Å²) in [4.78, 5) is 13.2. The van der Waals surface area contributed by atoms with Gasteiger partial charge in [-0.3, -0.25) is 4.79 Å². The summed E-state index contributed by atoms with van der Waals surface area (Å²) in [6, 6.07) is 9.93. The van der Waals surface area contributed by atoms with Crippen molar-refractivity contribution in [3.8, 4) is 11.5 Å². The Labute approximate surface area is 209 Å². The largest absolute Gasteiger partial charge is 0.573 e. The number of carbonyl (C=O) groups is 1. The molecule has 1 unspecified atom stereocenters. The molecule has 0 amide bonds. The Morgan fingerprint density at radius 3 is 1.81 bits per heavy atom. The Kier molecular flexibility index (Phi) is 10.3. The topological polar surface area (TPSA) is 68.2 Å². The molecule has 0 bridgehead atoms. The molecule has 6 nitrogen and oxygen atoms in total. The average Bonchev–Trinajstić information content (AvgIpc) is 2.76. The minimum Gasteiger partial charge on any atom is -0.481 e. The predicted octanol–water partition coefficient (Wildman–Crippen LogP) is 5.81. The number of ether oxygens (including phenoxy) is 3. The number of aliphatic carboxylic acids is 1. The van der Waals surface area contributed by atoms with Crippen molar-refractivity contribution >= 4 is 18.4 Å². The number of nitrogens with zero attached hydrogens (tertiary/aromatic N) is 1. The smallest absolute Gasteiger partial charge is 0.481 e. The molecular weight excluding hydrogens is 520 g/mol. The highest BCUT2D eigenvalue weighted by atomic mass is 35.5. The molecule has 1 heterocycles. The van der Waals surface area contributed by atoms with Crippen molar-refractivity contribution in [2.45, 2.75) is 31.7 Å². The third kappa shape index (κ3) is 9.40. The quantitative estimate of drug-likeness (QED) is 0.403. The van der Waals surface area contributed by atoms with Gasteiger partial charge in [-0.05, 0) is 54.8 Å². The van der Waals surface area contributed by atoms with Crippen LogP contribution in [0, 0.1) is 5.92 Å². The molecule has 1 fully saturated rings. The number of halogens is 7. The summed E-state index contributed by atoms with van der Waals surface area (Å²) in [5, 5.41) is 9.23. The summed E-state index contributed by atoms with van der Waals surface area (Å²) in [6.07, 6.45) is -9.20. The monoisotopic (exact) mass is 543 g/mol. The summed E-state index contributed by atoms with van der Waals surface area (Å²) in [5.41, 5.74) is 0.900. The van der Waals surface area contributed by atoms with Crippen LogP contribution in [0.25, 0.3) is 0 Å². The third-order valence-corrected chi connectivity index (χ3v) is 5.38. The van der Waals surface area contributed by atoms with Crippen LogP contribution in [0.15, 0.2) is 48.5 Å². The number of benzene rings is 2. The number of piperidine rings is 1. The van der Waals surface area contributed by atoms with Gasteiger partial charge in [-0.15, -0.1) is 38.7 Å². The first-order valence-electron chi connectivity index (χ1n) is 10.7. The van der Waals surface area contributed by atoms with Crippen molar-refractivity contribution in [3.05, 3.63) is 59.7 Å². The summed E-state index contributed by atoms with van der Waals surface area (Å²) >= 11 is 0. The van der Waals surface area contributed by atoms with E-state index in [4.69, 9.17) is 4.74 Å². The second-order valence-corrected chi connectivity index (χ2v) is 7.96. The SMILES string of the molecule is Cl.O=C(O)C1CCCN(CCOC(c2ccc(OC(F)(F)F)cc2)c2ccc(OC(F)(F)F)cc2)C1. The second kappa shape index (κ2) is 12.5. The van der Waals surface area contributed by atoms with Crippen molar-refractivity contribution < 1.29 is 50.5 Å². The van der Waals surface area contributed by atoms with E-state index in [1.807, 2.05) is 4.90 Å². The van der Waals surface area contributed by atoms with Crippen LogP contribution >= 0.6 is 12.4 Å². The zero-order chi connectivity index (χ0) is 25.6. The van der Waals surface area contributed by atoms with Crippen LogP contribution in [0.5, 0.6) is 11.5 Å². The normalized spacial score (nSPS) is 16.9. The molecule has 2 aromatic carbocycles. The molecule has 0 aliphatic carbocycles. The number of carboxylic acid groups (broad SMARTS) is 1. The zero-order valence-electron chi connectivity index (χ0n) is 18.7. The van der Waals surface area contributed by atoms with Gasteiger partial charge in [0, 0.05) is 13.1 Å². The van der Waals surface area contributed by atoms with E-state index < -0.39 is 42.2 Å². The first kappa shape index (κ1) is 29.5. The standard InChI is InChI=1S/C23H23F6NO5.ClH/c24-22(25,26)34-18-7-3-15(4-8-18)20(16-5-9-19(10-6-16)35-23(27,28)29)33-13-12-30-11-1-2-17(14-30)21(31)32;/h3-10,17,20H,1-2,11-14H2,(H,31,32);1H. The van der Waals surface area contributed by atoms with Gasteiger partial charge in [-0.2, -0.15) is 0 Å². The van der Waals surface area contributed by atoms with E-state index in [-0.39, 0.29) is 19.0 Å². The number of hydrogen-bond acceptors (Lipinski definition) is 5. The fraction of sp³-hybridized carbons (Fsp3) is 0.435. The van der Waals surface area contributed by atoms with Crippen molar-refractivity contribution in [1.29, 1.82) is 0 Å². The Hall–Kier alpha value is -2.70. The maximum absolute atomic E-state index is 12.5. The lowest BCUT2D eigenvalue weighted by atomic mass is 9.98. The minimum atomic E-state index is -4.85. The van der Waals surface area contributed by atoms with Gasteiger partial charge in [0.15, 0.2) is 0 Å². The molecule has 0 aromatic heterocycles. The number of alkyl halides is 6. The van der Waals surface area contributed by atoms with Gasteiger partial charge in [-0.25, -0.2) is 0 Å². The highest BCUT2D eigenvalue weighted by molar-refractivity contribution is 5.85. The lowest BCUT2D eigenvalue weighted by Crippen LogP contribution is -2.40. The summed E-state index contributed by atoms with van der Waals surface area (Å²) < 4.78 is 88.5. The van der Waals surface area contributed by atoms with Gasteiger partial charge in [0.2, 0.25) is 0 Å². The fourth-order valence-corrected chi connectivity index (χ4v) is 3.83. The summed E-state index contributed by atoms with van der Waals surface area (Å²) in [5.74, 6) is -2.19. The maximum Gasteiger partial charge on any atom is 0.573 e. The van der Waals surface area contributed by atoms with Crippen molar-refractivity contribution in [2.75, 3.05) is 26.2 Å². The van der Waals surface area contributed by atoms with Gasteiger partial charge in [0.1, 0.15) is 17.6 Å². The maximum atomic E-state index is 12.5. The van der Waals surface area contributed by atoms with E-state index in [9.17, 15) is 36.2 Å². The van der Waals surface area contributed by atoms with E-state index >= 15 is 0 Å². The van der Waals surface area contributed by atoms with Crippen molar-refractivity contribution in [2.24, 2.45) is 5.92 Å². The summed E-state index contributed by atoms with van der Waals surface area (Å²) in [6.45, 7) is 1.63. The molecule has 200 valence electrons. The van der Waals surface area contributed by atoms with Gasteiger partial charge >= 0.3 is 18.7 Å². The van der Waals surface area contributed by atoms with E-state index in [1.54, 1.807) is 0 Å². The van der Waals surface area contributed by atoms with Gasteiger partial charge in [0.25, 0.3) is 0 Å². The van der Waals surface area contributed by atoms with Gasteiger partial charge < -0.3 is 24.2 Å². The first-order chi connectivity index (χ1) is 16.4. The second-order valence-electron chi connectivity index (χ2n) is 7.96. The molecular formula is C23H24ClF6NO5. The fourth-order valence-electron chi connectivity index (χ4n) is 3.83. The number of hydrogen-bond donors (Lipinski definition) is 1. The average molecular weight is 544 g/mol. The molecule has 1 N–H and O–H groups in total. The van der Waals surface area contributed by atoms with Crippen molar-refractivity contribution in [3.63, 3.8) is 0 Å². The van der Waals surface area contributed by atoms with Gasteiger partial charge in [0.05, 0.1) is 12.5 Å². The zero-order valence-corrected chi connectivity index (χ0v) is 19.5. The van der Waals surface area contributed by atoms with E-state index in [0.29, 0.717) is 37.2 Å². The minimum absolute atomic E-state index is 0. The summed E-state index contributed by atoms with van der Waals surface area (Å²) in [7, 11) is 0. The molecule has 0 saturated carbocycles. The molecule has 1 saturated heterocycles. The Bertz CT molecular complexity index is 909. The number of likely N-dealkylation sites (tertiary alicyclic amines) is 1. The third-order valence-electron chi connectivity index (χ3n) is 5.38. The molecule has 3 rings (SSSR count). The van der Waals surface area contributed by atoms with Crippen LogP contribution in [0.1, 0.15) is 30.1 Å². The van der Waals surface area contributed by atoms with Crippen LogP contribution in [0.2, 0.25) is 0 Å². The molecule has 2 aromatic rings. The number of rotatable bonds is 9. The molecule has 0 spiro atoms. The van der Waals surface area contributed by atoms with Crippen LogP contribution in [-0.2, 0) is 9.53 Å². The Balaban J connectivity index is 0.00000456. The van der Waals surface area contributed by atoms with E-state index in [0.717, 1.165) is 30.7 Å². The first-order valence-corrected chi connectivity index (χ1v) is 10.7. The molecule has 1 atom stereocenters. The van der Waals surface area contributed by atoms with Crippen LogP contribution in [0.3, 0.4) is 0 Å².